The van der Waals surface area contributed by atoms with E-state index in [0.29, 0.717) is 23.1 Å². The summed E-state index contributed by atoms with van der Waals surface area (Å²) in [5.41, 5.74) is 2.67. The molecular weight excluding hydrogens is 472 g/mol. The third-order valence-electron chi connectivity index (χ3n) is 6.03. The number of thioether (sulfide) groups is 2. The molecule has 0 saturated heterocycles. The predicted octanol–water partition coefficient (Wildman–Crippen LogP) is 6.06. The summed E-state index contributed by atoms with van der Waals surface area (Å²) in [6.07, 6.45) is 2.85. The van der Waals surface area contributed by atoms with Crippen molar-refractivity contribution < 1.29 is 9.53 Å². The molecule has 0 fully saturated rings. The van der Waals surface area contributed by atoms with Crippen LogP contribution < -0.4 is 0 Å². The van der Waals surface area contributed by atoms with Crippen molar-refractivity contribution in [3.63, 3.8) is 0 Å². The first-order valence-electron chi connectivity index (χ1n) is 11.2. The van der Waals surface area contributed by atoms with Gasteiger partial charge in [-0.05, 0) is 25.3 Å². The summed E-state index contributed by atoms with van der Waals surface area (Å²) >= 11 is 4.85. The van der Waals surface area contributed by atoms with E-state index in [4.69, 9.17) is 9.72 Å². The first-order chi connectivity index (χ1) is 16.0. The van der Waals surface area contributed by atoms with Gasteiger partial charge in [0, 0.05) is 22.6 Å². The highest BCUT2D eigenvalue weighted by Gasteiger charge is 2.33. The van der Waals surface area contributed by atoms with E-state index in [1.54, 1.807) is 23.1 Å². The van der Waals surface area contributed by atoms with Crippen molar-refractivity contribution >= 4 is 56.5 Å². The second kappa shape index (κ2) is 9.37. The second-order valence-electron chi connectivity index (χ2n) is 8.42. The molecule has 0 aliphatic carbocycles. The highest BCUT2D eigenvalue weighted by Crippen LogP contribution is 2.42. The molecule has 9 heteroatoms. The maximum Gasteiger partial charge on any atom is 0.198 e. The van der Waals surface area contributed by atoms with Gasteiger partial charge in [0.2, 0.25) is 0 Å². The summed E-state index contributed by atoms with van der Waals surface area (Å²) < 4.78 is 8.24. The number of rotatable bonds is 8. The molecule has 172 valence electrons. The van der Waals surface area contributed by atoms with Gasteiger partial charge in [-0.15, -0.1) is 21.5 Å². The van der Waals surface area contributed by atoms with Crippen molar-refractivity contribution in [2.24, 2.45) is 0 Å². The molecule has 0 unspecified atom stereocenters. The number of carbonyl (C=O) groups excluding carboxylic acids is 1. The van der Waals surface area contributed by atoms with Gasteiger partial charge in [-0.3, -0.25) is 4.79 Å². The van der Waals surface area contributed by atoms with Crippen LogP contribution in [0.3, 0.4) is 0 Å². The van der Waals surface area contributed by atoms with Crippen molar-refractivity contribution in [2.75, 3.05) is 11.5 Å². The van der Waals surface area contributed by atoms with Gasteiger partial charge in [-0.25, -0.2) is 9.38 Å². The monoisotopic (exact) mass is 498 g/mol. The lowest BCUT2D eigenvalue weighted by Gasteiger charge is -2.33. The van der Waals surface area contributed by atoms with E-state index in [-0.39, 0.29) is 11.4 Å². The fraction of sp³-hybridized carbons (Fsp3) is 0.417. The number of ketones is 1. The molecule has 0 saturated carbocycles. The number of fused-ring (bicyclic) bond motifs is 5. The SMILES string of the molecule is CCCSc1nc2sc3c(c2c2nnc(SCC(=O)c4ccccc4)n12)C[C@](C)(CC)OC3. The molecule has 5 rings (SSSR count). The van der Waals surface area contributed by atoms with Crippen LogP contribution in [0.15, 0.2) is 40.6 Å². The number of hydrogen-bond donors (Lipinski definition) is 0. The highest BCUT2D eigenvalue weighted by molar-refractivity contribution is 8.00. The van der Waals surface area contributed by atoms with Crippen LogP contribution in [0.2, 0.25) is 0 Å². The molecule has 0 radical (unpaired) electrons. The standard InChI is InChI=1S/C24H26N4O2S3/c1-4-11-31-22-25-21-19(16-12-24(3,5-2)30-13-18(16)33-21)20-26-27-23(28(20)22)32-14-17(29)15-9-7-6-8-10-15/h6-10H,4-5,11-14H2,1-3H3/t24-/m0/s1. The number of hydrogen-bond acceptors (Lipinski definition) is 8. The Kier molecular flexibility index (Phi) is 6.48. The van der Waals surface area contributed by atoms with Crippen molar-refractivity contribution in [2.45, 2.75) is 62.6 Å². The minimum atomic E-state index is -0.173. The lowest BCUT2D eigenvalue weighted by atomic mass is 9.90. The minimum Gasteiger partial charge on any atom is -0.369 e. The van der Waals surface area contributed by atoms with Crippen LogP contribution in [-0.4, -0.2) is 42.5 Å². The number of carbonyl (C=O) groups is 1. The molecule has 4 aromatic rings. The molecule has 0 amide bonds. The first kappa shape index (κ1) is 22.8. The molecule has 0 bridgehead atoms. The molecule has 1 aromatic carbocycles. The number of aromatic nitrogens is 4. The average Bonchev–Trinajstić information content (AvgIpc) is 3.42. The molecule has 6 nitrogen and oxygen atoms in total. The highest BCUT2D eigenvalue weighted by atomic mass is 32.2. The largest absolute Gasteiger partial charge is 0.369 e. The fourth-order valence-corrected chi connectivity index (χ4v) is 6.85. The summed E-state index contributed by atoms with van der Waals surface area (Å²) in [5.74, 6) is 1.35. The van der Waals surface area contributed by atoms with Gasteiger partial charge in [0.25, 0.3) is 0 Å². The van der Waals surface area contributed by atoms with Gasteiger partial charge in [0.1, 0.15) is 4.83 Å². The Hall–Kier alpha value is -1.94. The summed E-state index contributed by atoms with van der Waals surface area (Å²) in [6, 6.07) is 9.39. The van der Waals surface area contributed by atoms with Crippen LogP contribution in [0.4, 0.5) is 0 Å². The molecule has 1 aliphatic heterocycles. The first-order valence-corrected chi connectivity index (χ1v) is 14.0. The third kappa shape index (κ3) is 4.32. The zero-order valence-corrected chi connectivity index (χ0v) is 21.4. The van der Waals surface area contributed by atoms with Gasteiger partial charge in [0.05, 0.1) is 23.3 Å². The summed E-state index contributed by atoms with van der Waals surface area (Å²) in [5, 5.41) is 11.8. The van der Waals surface area contributed by atoms with Crippen LogP contribution >= 0.6 is 34.9 Å². The topological polar surface area (TPSA) is 69.4 Å². The summed E-state index contributed by atoms with van der Waals surface area (Å²) in [7, 11) is 0. The Morgan fingerprint density at radius 2 is 2.00 bits per heavy atom. The molecular formula is C24H26N4O2S3. The van der Waals surface area contributed by atoms with Crippen molar-refractivity contribution in [1.82, 2.24) is 19.6 Å². The Labute approximate surface area is 205 Å². The number of thiophene rings is 1. The van der Waals surface area contributed by atoms with Gasteiger partial charge in [-0.2, -0.15) is 0 Å². The van der Waals surface area contributed by atoms with Crippen LogP contribution in [0, 0.1) is 0 Å². The number of nitrogens with zero attached hydrogens (tertiary/aromatic N) is 4. The smallest absolute Gasteiger partial charge is 0.198 e. The van der Waals surface area contributed by atoms with E-state index in [0.717, 1.165) is 46.0 Å². The summed E-state index contributed by atoms with van der Waals surface area (Å²) in [4.78, 5) is 20.0. The summed E-state index contributed by atoms with van der Waals surface area (Å²) in [6.45, 7) is 7.12. The second-order valence-corrected chi connectivity index (χ2v) is 11.5. The number of benzene rings is 1. The van der Waals surface area contributed by atoms with Gasteiger partial charge < -0.3 is 4.74 Å². The van der Waals surface area contributed by atoms with Crippen LogP contribution in [0.5, 0.6) is 0 Å². The molecule has 1 aliphatic rings. The number of ether oxygens (including phenoxy) is 1. The Bertz CT molecular complexity index is 1320. The minimum absolute atomic E-state index is 0.0814. The Balaban J connectivity index is 1.57. The zero-order valence-electron chi connectivity index (χ0n) is 19.0. The molecule has 1 atom stereocenters. The van der Waals surface area contributed by atoms with Crippen molar-refractivity contribution in [3.8, 4) is 0 Å². The molecule has 4 heterocycles. The maximum atomic E-state index is 12.7. The zero-order chi connectivity index (χ0) is 23.0. The van der Waals surface area contributed by atoms with Crippen molar-refractivity contribution in [1.29, 1.82) is 0 Å². The van der Waals surface area contributed by atoms with Crippen LogP contribution in [0.25, 0.3) is 15.9 Å². The van der Waals surface area contributed by atoms with Gasteiger partial charge in [-0.1, -0.05) is 67.7 Å². The Morgan fingerprint density at radius 3 is 2.76 bits per heavy atom. The lowest BCUT2D eigenvalue weighted by molar-refractivity contribution is -0.0542. The normalized spacial score (nSPS) is 18.2. The third-order valence-corrected chi connectivity index (χ3v) is 9.20. The van der Waals surface area contributed by atoms with E-state index in [2.05, 4.69) is 35.4 Å². The molecule has 0 N–H and O–H groups in total. The Morgan fingerprint density at radius 1 is 1.18 bits per heavy atom. The van der Waals surface area contributed by atoms with E-state index >= 15 is 0 Å². The number of Topliss-reactive ketones (excluding diaryl/α,β-unsaturated/α-hetero) is 1. The maximum absolute atomic E-state index is 12.7. The molecule has 0 spiro atoms. The van der Waals surface area contributed by atoms with Crippen molar-refractivity contribution in [3.05, 3.63) is 46.3 Å². The predicted molar refractivity (Wildman–Crippen MR) is 136 cm³/mol. The van der Waals surface area contributed by atoms with Gasteiger partial charge >= 0.3 is 0 Å². The van der Waals surface area contributed by atoms with Crippen LogP contribution in [0.1, 0.15) is 54.4 Å². The fourth-order valence-electron chi connectivity index (χ4n) is 3.96. The van der Waals surface area contributed by atoms with E-state index in [1.807, 2.05) is 30.3 Å². The quantitative estimate of drug-likeness (QED) is 0.166. The molecule has 33 heavy (non-hydrogen) atoms. The van der Waals surface area contributed by atoms with E-state index in [9.17, 15) is 4.79 Å². The van der Waals surface area contributed by atoms with Crippen LogP contribution in [-0.2, 0) is 17.8 Å². The molecule has 3 aromatic heterocycles. The van der Waals surface area contributed by atoms with Gasteiger partial charge in [0.15, 0.2) is 21.7 Å². The van der Waals surface area contributed by atoms with E-state index < -0.39 is 0 Å². The van der Waals surface area contributed by atoms with E-state index in [1.165, 1.54) is 22.2 Å². The average molecular weight is 499 g/mol. The lowest BCUT2D eigenvalue weighted by Crippen LogP contribution is -2.33.